The molecule has 0 saturated carbocycles. The molecule has 0 aromatic heterocycles. The van der Waals surface area contributed by atoms with Gasteiger partial charge in [-0.15, -0.1) is 0 Å². The normalized spacial score (nSPS) is 12.5. The highest BCUT2D eigenvalue weighted by Gasteiger charge is 1.95. The number of hydrogen-bond acceptors (Lipinski definition) is 0. The summed E-state index contributed by atoms with van der Waals surface area (Å²) in [5.74, 6) is 6.03. The fourth-order valence-electron chi connectivity index (χ4n) is 1.48. The van der Waals surface area contributed by atoms with Gasteiger partial charge in [-0.1, -0.05) is 68.2 Å². The van der Waals surface area contributed by atoms with Crippen LogP contribution in [0.1, 0.15) is 25.8 Å². The fraction of sp³-hybridized carbons (Fsp3) is 0.250. The Bertz CT molecular complexity index is 410. The molecule has 0 aliphatic heterocycles. The first-order chi connectivity index (χ1) is 7.95. The molecular formula is C16H18. The predicted molar refractivity (Wildman–Crippen MR) is 71.1 cm³/mol. The van der Waals surface area contributed by atoms with E-state index in [9.17, 15) is 0 Å². The highest BCUT2D eigenvalue weighted by molar-refractivity contribution is 5.35. The molecule has 1 aromatic rings. The minimum Gasteiger partial charge on any atom is -0.0943 e. The summed E-state index contributed by atoms with van der Waals surface area (Å²) < 4.78 is 0. The first-order valence-corrected chi connectivity index (χ1v) is 5.83. The molecule has 0 bridgehead atoms. The molecule has 0 atom stereocenters. The van der Waals surface area contributed by atoms with Gasteiger partial charge in [-0.3, -0.25) is 0 Å². The summed E-state index contributed by atoms with van der Waals surface area (Å²) in [7, 11) is 0. The number of benzene rings is 1. The van der Waals surface area contributed by atoms with E-state index < -0.39 is 0 Å². The van der Waals surface area contributed by atoms with Gasteiger partial charge in [-0.05, 0) is 23.6 Å². The van der Waals surface area contributed by atoms with Gasteiger partial charge in [-0.2, -0.15) is 0 Å². The lowest BCUT2D eigenvalue weighted by Gasteiger charge is -2.01. The van der Waals surface area contributed by atoms with Crippen LogP contribution in [0.5, 0.6) is 0 Å². The van der Waals surface area contributed by atoms with E-state index in [0.717, 1.165) is 12.8 Å². The topological polar surface area (TPSA) is 0 Å². The van der Waals surface area contributed by atoms with E-state index in [1.807, 2.05) is 26.0 Å². The Hall–Kier alpha value is -1.74. The molecule has 2 rings (SSSR count). The van der Waals surface area contributed by atoms with E-state index in [1.165, 1.54) is 11.1 Å². The van der Waals surface area contributed by atoms with Crippen molar-refractivity contribution < 1.29 is 0 Å². The van der Waals surface area contributed by atoms with Crippen LogP contribution in [0, 0.1) is 11.8 Å². The van der Waals surface area contributed by atoms with Crippen LogP contribution in [-0.4, -0.2) is 0 Å². The lowest BCUT2D eigenvalue weighted by molar-refractivity contribution is 1.18. The van der Waals surface area contributed by atoms with E-state index in [2.05, 4.69) is 48.3 Å². The van der Waals surface area contributed by atoms with Gasteiger partial charge in [-0.25, -0.2) is 0 Å². The van der Waals surface area contributed by atoms with Gasteiger partial charge in [0.1, 0.15) is 0 Å². The summed E-state index contributed by atoms with van der Waals surface area (Å²) in [4.78, 5) is 0. The third-order valence-electron chi connectivity index (χ3n) is 2.20. The number of rotatable bonds is 2. The molecule has 0 saturated heterocycles. The Morgan fingerprint density at radius 1 is 1.12 bits per heavy atom. The summed E-state index contributed by atoms with van der Waals surface area (Å²) >= 11 is 0. The van der Waals surface area contributed by atoms with Crippen molar-refractivity contribution in [3.63, 3.8) is 0 Å². The lowest BCUT2D eigenvalue weighted by atomic mass is 10.0. The Morgan fingerprint density at radius 2 is 1.88 bits per heavy atom. The minimum atomic E-state index is 0.870. The molecule has 82 valence electrons. The maximum absolute atomic E-state index is 3.05. The summed E-state index contributed by atoms with van der Waals surface area (Å²) in [6.07, 6.45) is 8.11. The van der Waals surface area contributed by atoms with E-state index in [0.29, 0.717) is 0 Å². The second-order valence-electron chi connectivity index (χ2n) is 3.30. The zero-order valence-electron chi connectivity index (χ0n) is 10.0. The van der Waals surface area contributed by atoms with Gasteiger partial charge in [0.2, 0.25) is 0 Å². The first-order valence-electron chi connectivity index (χ1n) is 5.83. The van der Waals surface area contributed by atoms with Gasteiger partial charge >= 0.3 is 0 Å². The third kappa shape index (κ3) is 4.19. The van der Waals surface area contributed by atoms with Crippen LogP contribution in [0.2, 0.25) is 0 Å². The molecule has 0 unspecified atom stereocenters. The molecular weight excluding hydrogens is 192 g/mol. The van der Waals surface area contributed by atoms with Gasteiger partial charge in [0.15, 0.2) is 0 Å². The van der Waals surface area contributed by atoms with E-state index in [-0.39, 0.29) is 0 Å². The Kier molecular flexibility index (Phi) is 5.81. The smallest absolute Gasteiger partial charge is 0.0279 e. The molecule has 1 aliphatic rings. The second-order valence-corrected chi connectivity index (χ2v) is 3.30. The van der Waals surface area contributed by atoms with Crippen LogP contribution >= 0.6 is 0 Å². The molecule has 0 heteroatoms. The Morgan fingerprint density at radius 3 is 2.62 bits per heavy atom. The molecule has 0 fully saturated rings. The van der Waals surface area contributed by atoms with Crippen molar-refractivity contribution in [2.75, 3.05) is 0 Å². The van der Waals surface area contributed by atoms with Crippen LogP contribution in [-0.2, 0) is 6.42 Å². The molecule has 16 heavy (non-hydrogen) atoms. The van der Waals surface area contributed by atoms with Crippen molar-refractivity contribution in [2.24, 2.45) is 0 Å². The van der Waals surface area contributed by atoms with Gasteiger partial charge in [0.05, 0.1) is 0 Å². The van der Waals surface area contributed by atoms with Crippen molar-refractivity contribution in [3.8, 4) is 11.8 Å². The lowest BCUT2D eigenvalue weighted by Crippen LogP contribution is -1.86. The van der Waals surface area contributed by atoms with Gasteiger partial charge in [0, 0.05) is 6.42 Å². The van der Waals surface area contributed by atoms with Crippen molar-refractivity contribution in [3.05, 3.63) is 59.7 Å². The van der Waals surface area contributed by atoms with E-state index >= 15 is 0 Å². The average Bonchev–Trinajstić information content (AvgIpc) is 2.62. The molecule has 0 nitrogen and oxygen atoms in total. The zero-order valence-corrected chi connectivity index (χ0v) is 10.0. The summed E-state index contributed by atoms with van der Waals surface area (Å²) in [5, 5.41) is 0. The SMILES string of the molecule is C1#CCC=C(Cc2ccccc2)C=C1.CC. The number of hydrogen-bond donors (Lipinski definition) is 0. The van der Waals surface area contributed by atoms with Crippen molar-refractivity contribution in [2.45, 2.75) is 26.7 Å². The highest BCUT2D eigenvalue weighted by atomic mass is 14.0. The zero-order chi connectivity index (χ0) is 11.6. The molecule has 0 radical (unpaired) electrons. The summed E-state index contributed by atoms with van der Waals surface area (Å²) in [6, 6.07) is 10.5. The molecule has 0 N–H and O–H groups in total. The largest absolute Gasteiger partial charge is 0.0943 e. The summed E-state index contributed by atoms with van der Waals surface area (Å²) in [5.41, 5.74) is 2.69. The van der Waals surface area contributed by atoms with Crippen molar-refractivity contribution >= 4 is 0 Å². The maximum atomic E-state index is 3.05. The Balaban J connectivity index is 0.000000606. The standard InChI is InChI=1S/C14H12.C2H6/c1-2-5-9-13(8-4-1)12-14-10-6-3-7-11-14;1-2/h3-4,6-11H,5,12H2;1-2H3. The van der Waals surface area contributed by atoms with Crippen LogP contribution in [0.3, 0.4) is 0 Å². The first kappa shape index (κ1) is 12.3. The van der Waals surface area contributed by atoms with Crippen molar-refractivity contribution in [1.82, 2.24) is 0 Å². The molecule has 0 spiro atoms. The van der Waals surface area contributed by atoms with Crippen LogP contribution < -0.4 is 0 Å². The average molecular weight is 210 g/mol. The predicted octanol–water partition coefficient (Wildman–Crippen LogP) is 4.15. The highest BCUT2D eigenvalue weighted by Crippen LogP contribution is 2.10. The minimum absolute atomic E-state index is 0.870. The quantitative estimate of drug-likeness (QED) is 0.643. The van der Waals surface area contributed by atoms with Gasteiger partial charge in [0.25, 0.3) is 0 Å². The molecule has 1 aliphatic carbocycles. The summed E-state index contributed by atoms with van der Waals surface area (Å²) in [6.45, 7) is 4.00. The fourth-order valence-corrected chi connectivity index (χ4v) is 1.48. The van der Waals surface area contributed by atoms with Crippen LogP contribution in [0.4, 0.5) is 0 Å². The van der Waals surface area contributed by atoms with E-state index in [4.69, 9.17) is 0 Å². The molecule has 0 heterocycles. The van der Waals surface area contributed by atoms with Crippen LogP contribution in [0.25, 0.3) is 0 Å². The Labute approximate surface area is 98.7 Å². The second kappa shape index (κ2) is 7.54. The van der Waals surface area contributed by atoms with Gasteiger partial charge < -0.3 is 0 Å². The molecule has 1 aromatic carbocycles. The third-order valence-corrected chi connectivity index (χ3v) is 2.20. The maximum Gasteiger partial charge on any atom is 0.0279 e. The number of allylic oxidation sites excluding steroid dienone is 4. The van der Waals surface area contributed by atoms with Crippen molar-refractivity contribution in [1.29, 1.82) is 0 Å². The monoisotopic (exact) mass is 210 g/mol. The van der Waals surface area contributed by atoms with E-state index in [1.54, 1.807) is 0 Å². The van der Waals surface area contributed by atoms with Crippen LogP contribution in [0.15, 0.2) is 54.1 Å². The molecule has 0 amide bonds.